The minimum atomic E-state index is -4.49. The Morgan fingerprint density at radius 2 is 2.04 bits per heavy atom. The molecule has 2 amide bonds. The predicted octanol–water partition coefficient (Wildman–Crippen LogP) is 2.37. The van der Waals surface area contributed by atoms with Gasteiger partial charge in [0.1, 0.15) is 5.82 Å². The molecule has 146 valence electrons. The van der Waals surface area contributed by atoms with Crippen molar-refractivity contribution in [3.63, 3.8) is 0 Å². The number of benzene rings is 1. The molecule has 0 aliphatic carbocycles. The lowest BCUT2D eigenvalue weighted by Crippen LogP contribution is -2.23. The maximum absolute atomic E-state index is 12.7. The second kappa shape index (κ2) is 8.42. The summed E-state index contributed by atoms with van der Waals surface area (Å²) in [6, 6.07) is 4.42. The summed E-state index contributed by atoms with van der Waals surface area (Å²) in [4.78, 5) is 23.1. The van der Waals surface area contributed by atoms with E-state index in [1.807, 2.05) is 0 Å². The summed E-state index contributed by atoms with van der Waals surface area (Å²) >= 11 is 1.10. The first-order chi connectivity index (χ1) is 12.6. The average molecular weight is 401 g/mol. The van der Waals surface area contributed by atoms with Crippen LogP contribution in [0.5, 0.6) is 0 Å². The molecule has 1 heterocycles. The van der Waals surface area contributed by atoms with Crippen LogP contribution in [0, 0.1) is 0 Å². The number of rotatable bonds is 7. The van der Waals surface area contributed by atoms with Gasteiger partial charge >= 0.3 is 6.18 Å². The van der Waals surface area contributed by atoms with Crippen LogP contribution in [-0.4, -0.2) is 31.8 Å². The number of nitrogens with two attached hydrogens (primary N) is 1. The van der Waals surface area contributed by atoms with Crippen LogP contribution in [0.2, 0.25) is 0 Å². The van der Waals surface area contributed by atoms with E-state index >= 15 is 0 Å². The van der Waals surface area contributed by atoms with E-state index in [9.17, 15) is 22.8 Å². The number of anilines is 1. The van der Waals surface area contributed by atoms with Gasteiger partial charge in [0.2, 0.25) is 11.8 Å². The number of amides is 2. The van der Waals surface area contributed by atoms with Crippen LogP contribution in [0.4, 0.5) is 18.9 Å². The Labute approximate surface area is 157 Å². The molecule has 0 saturated heterocycles. The summed E-state index contributed by atoms with van der Waals surface area (Å²) in [7, 11) is 1.69. The van der Waals surface area contributed by atoms with Gasteiger partial charge in [-0.2, -0.15) is 13.2 Å². The molecular weight excluding hydrogens is 383 g/mol. The minimum Gasteiger partial charge on any atom is -0.370 e. The van der Waals surface area contributed by atoms with E-state index in [2.05, 4.69) is 15.5 Å². The monoisotopic (exact) mass is 401 g/mol. The second-order valence-electron chi connectivity index (χ2n) is 5.75. The summed E-state index contributed by atoms with van der Waals surface area (Å²) in [6.45, 7) is 1.60. The number of primary amides is 1. The van der Waals surface area contributed by atoms with Gasteiger partial charge in [-0.3, -0.25) is 9.59 Å². The smallest absolute Gasteiger partial charge is 0.370 e. The van der Waals surface area contributed by atoms with Gasteiger partial charge in [-0.1, -0.05) is 17.8 Å². The molecule has 0 aliphatic heterocycles. The Bertz CT molecular complexity index is 838. The molecule has 3 N–H and O–H groups in total. The third-order valence-corrected chi connectivity index (χ3v) is 4.76. The fourth-order valence-electron chi connectivity index (χ4n) is 2.13. The molecule has 7 nitrogen and oxygen atoms in total. The Kier molecular flexibility index (Phi) is 6.47. The number of carbonyl (C=O) groups is 2. The molecule has 11 heteroatoms. The highest BCUT2D eigenvalue weighted by Crippen LogP contribution is 2.31. The lowest BCUT2D eigenvalue weighted by Gasteiger charge is -2.13. The SMILES string of the molecule is C[C@@H](Sc1nnc(CCC(N)=O)n1C)C(=O)Nc1cccc(C(F)(F)F)c1. The first-order valence-electron chi connectivity index (χ1n) is 7.89. The quantitative estimate of drug-likeness (QED) is 0.694. The van der Waals surface area contributed by atoms with Gasteiger partial charge < -0.3 is 15.6 Å². The van der Waals surface area contributed by atoms with Crippen molar-refractivity contribution in [1.29, 1.82) is 0 Å². The van der Waals surface area contributed by atoms with E-state index in [4.69, 9.17) is 5.73 Å². The van der Waals surface area contributed by atoms with Gasteiger partial charge in [0.05, 0.1) is 10.8 Å². The number of thioether (sulfide) groups is 1. The highest BCUT2D eigenvalue weighted by atomic mass is 32.2. The molecule has 1 atom stereocenters. The number of alkyl halides is 3. The molecule has 0 bridgehead atoms. The minimum absolute atomic E-state index is 0.0578. The van der Waals surface area contributed by atoms with Crippen LogP contribution in [0.25, 0.3) is 0 Å². The van der Waals surface area contributed by atoms with Gasteiger partial charge in [0, 0.05) is 25.6 Å². The van der Waals surface area contributed by atoms with E-state index < -0.39 is 28.8 Å². The first kappa shape index (κ1) is 20.7. The highest BCUT2D eigenvalue weighted by molar-refractivity contribution is 8.00. The maximum atomic E-state index is 12.7. The number of hydrogen-bond donors (Lipinski definition) is 2. The number of nitrogens with one attached hydrogen (secondary N) is 1. The number of aryl methyl sites for hydroxylation is 1. The molecule has 0 unspecified atom stereocenters. The highest BCUT2D eigenvalue weighted by Gasteiger charge is 2.30. The van der Waals surface area contributed by atoms with Crippen LogP contribution >= 0.6 is 11.8 Å². The summed E-state index contributed by atoms with van der Waals surface area (Å²) in [5.74, 6) is -0.385. The summed E-state index contributed by atoms with van der Waals surface area (Å²) < 4.78 is 39.9. The molecule has 1 aromatic heterocycles. The van der Waals surface area contributed by atoms with Crippen LogP contribution in [0.15, 0.2) is 29.4 Å². The van der Waals surface area contributed by atoms with Crippen molar-refractivity contribution in [3.05, 3.63) is 35.7 Å². The maximum Gasteiger partial charge on any atom is 0.416 e. The third kappa shape index (κ3) is 5.71. The van der Waals surface area contributed by atoms with Crippen molar-refractivity contribution in [2.75, 3.05) is 5.32 Å². The lowest BCUT2D eigenvalue weighted by atomic mass is 10.2. The van der Waals surface area contributed by atoms with E-state index in [-0.39, 0.29) is 12.1 Å². The van der Waals surface area contributed by atoms with Crippen molar-refractivity contribution in [1.82, 2.24) is 14.8 Å². The fraction of sp³-hybridized carbons (Fsp3) is 0.375. The van der Waals surface area contributed by atoms with Crippen LogP contribution in [0.3, 0.4) is 0 Å². The normalized spacial score (nSPS) is 12.6. The van der Waals surface area contributed by atoms with E-state index in [1.54, 1.807) is 18.5 Å². The molecule has 0 aliphatic rings. The molecular formula is C16H18F3N5O2S. The molecule has 2 aromatic rings. The van der Waals surface area contributed by atoms with E-state index in [0.717, 1.165) is 23.9 Å². The predicted molar refractivity (Wildman–Crippen MR) is 93.9 cm³/mol. The summed E-state index contributed by atoms with van der Waals surface area (Å²) in [5, 5.41) is 10.2. The van der Waals surface area contributed by atoms with Gasteiger partial charge in [-0.25, -0.2) is 0 Å². The van der Waals surface area contributed by atoms with Crippen LogP contribution in [0.1, 0.15) is 24.7 Å². The number of aromatic nitrogens is 3. The zero-order valence-electron chi connectivity index (χ0n) is 14.6. The fourth-order valence-corrected chi connectivity index (χ4v) is 2.96. The van der Waals surface area contributed by atoms with Gasteiger partial charge in [0.15, 0.2) is 5.16 Å². The van der Waals surface area contributed by atoms with Crippen molar-refractivity contribution >= 4 is 29.3 Å². The lowest BCUT2D eigenvalue weighted by molar-refractivity contribution is -0.137. The summed E-state index contributed by atoms with van der Waals surface area (Å²) in [5.41, 5.74) is 4.32. The van der Waals surface area contributed by atoms with E-state index in [0.29, 0.717) is 17.4 Å². The number of nitrogens with zero attached hydrogens (tertiary/aromatic N) is 3. The number of halogens is 3. The standard InChI is InChI=1S/C16H18F3N5O2S/c1-9(27-15-23-22-13(24(15)2)7-6-12(20)25)14(26)21-11-5-3-4-10(8-11)16(17,18)19/h3-5,8-9H,6-7H2,1-2H3,(H2,20,25)(H,21,26)/t9-/m1/s1. The zero-order chi connectivity index (χ0) is 20.2. The topological polar surface area (TPSA) is 103 Å². The Balaban J connectivity index is 2.01. The van der Waals surface area contributed by atoms with Crippen molar-refractivity contribution in [2.45, 2.75) is 36.3 Å². The number of carbonyl (C=O) groups excluding carboxylic acids is 2. The van der Waals surface area contributed by atoms with Crippen molar-refractivity contribution in [2.24, 2.45) is 12.8 Å². The second-order valence-corrected chi connectivity index (χ2v) is 7.06. The van der Waals surface area contributed by atoms with Crippen LogP contribution < -0.4 is 11.1 Å². The molecule has 1 aromatic carbocycles. The average Bonchev–Trinajstić information content (AvgIpc) is 2.92. The first-order valence-corrected chi connectivity index (χ1v) is 8.77. The Morgan fingerprint density at radius 1 is 1.33 bits per heavy atom. The molecule has 0 saturated carbocycles. The van der Waals surface area contributed by atoms with Gasteiger partial charge in [0.25, 0.3) is 0 Å². The zero-order valence-corrected chi connectivity index (χ0v) is 15.4. The number of hydrogen-bond acceptors (Lipinski definition) is 5. The molecule has 0 radical (unpaired) electrons. The Hall–Kier alpha value is -2.56. The molecule has 0 fully saturated rings. The summed E-state index contributed by atoms with van der Waals surface area (Å²) in [6.07, 6.45) is -4.03. The van der Waals surface area contributed by atoms with Crippen molar-refractivity contribution < 1.29 is 22.8 Å². The van der Waals surface area contributed by atoms with Crippen molar-refractivity contribution in [3.8, 4) is 0 Å². The molecule has 0 spiro atoms. The molecule has 27 heavy (non-hydrogen) atoms. The van der Waals surface area contributed by atoms with E-state index in [1.165, 1.54) is 12.1 Å². The largest absolute Gasteiger partial charge is 0.416 e. The van der Waals surface area contributed by atoms with Crippen LogP contribution in [-0.2, 0) is 29.2 Å². The Morgan fingerprint density at radius 3 is 2.67 bits per heavy atom. The van der Waals surface area contributed by atoms with Gasteiger partial charge in [-0.15, -0.1) is 10.2 Å². The molecule has 2 rings (SSSR count). The van der Waals surface area contributed by atoms with Gasteiger partial charge in [-0.05, 0) is 25.1 Å². The third-order valence-electron chi connectivity index (χ3n) is 3.63.